The number of benzene rings is 2. The van der Waals surface area contributed by atoms with Gasteiger partial charge in [0.25, 0.3) is 0 Å². The van der Waals surface area contributed by atoms with E-state index in [1.54, 1.807) is 19.2 Å². The molecule has 0 aliphatic heterocycles. The molecule has 0 bridgehead atoms. The molecule has 1 heterocycles. The first-order chi connectivity index (χ1) is 16.0. The molecule has 6 nitrogen and oxygen atoms in total. The summed E-state index contributed by atoms with van der Waals surface area (Å²) in [6.45, 7) is 10.9. The van der Waals surface area contributed by atoms with E-state index >= 15 is 0 Å². The van der Waals surface area contributed by atoms with E-state index in [2.05, 4.69) is 26.7 Å². The molecule has 1 aromatic heterocycles. The highest BCUT2D eigenvalue weighted by atomic mass is 32.2. The average molecular weight is 473 g/mol. The Hall–Kier alpha value is -3.08. The van der Waals surface area contributed by atoms with E-state index in [1.807, 2.05) is 45.0 Å². The lowest BCUT2D eigenvalue weighted by atomic mass is 10.1. The van der Waals surface area contributed by atoms with Gasteiger partial charge >= 0.3 is 5.63 Å². The maximum absolute atomic E-state index is 11.6. The minimum atomic E-state index is -0.375. The standard InChI is InChI=1S/C22H24O6S.C2H6.C2H2/c1-14(2)12-26-29-28-18-6-5-16(20(11-18)24-4)13-25-17-7-8-19-15(3)9-22(23)27-21(19)10-17;2*1-2/h5-11,14H,12-13H2,1-4H3;1-2H3;1-2H. The van der Waals surface area contributed by atoms with Crippen molar-refractivity contribution < 1.29 is 22.3 Å². The van der Waals surface area contributed by atoms with Gasteiger partial charge in [-0.25, -0.2) is 4.79 Å². The van der Waals surface area contributed by atoms with Crippen LogP contribution in [0.1, 0.15) is 38.8 Å². The second-order valence-electron chi connectivity index (χ2n) is 7.00. The minimum absolute atomic E-state index is 0.294. The fraction of sp³-hybridized carbons (Fsp3) is 0.346. The van der Waals surface area contributed by atoms with E-state index in [-0.39, 0.29) is 5.63 Å². The molecule has 0 spiro atoms. The minimum Gasteiger partial charge on any atom is -0.496 e. The molecule has 0 unspecified atom stereocenters. The van der Waals surface area contributed by atoms with Gasteiger partial charge in [0.05, 0.1) is 13.7 Å². The van der Waals surface area contributed by atoms with Gasteiger partial charge < -0.3 is 18.1 Å². The molecule has 0 aliphatic rings. The number of hydrogen-bond acceptors (Lipinski definition) is 7. The summed E-state index contributed by atoms with van der Waals surface area (Å²) < 4.78 is 27.5. The third-order valence-electron chi connectivity index (χ3n) is 4.16. The van der Waals surface area contributed by atoms with E-state index < -0.39 is 0 Å². The van der Waals surface area contributed by atoms with E-state index in [9.17, 15) is 4.79 Å². The van der Waals surface area contributed by atoms with Gasteiger partial charge in [0.2, 0.25) is 12.3 Å². The van der Waals surface area contributed by atoms with Gasteiger partial charge in [-0.15, -0.1) is 12.8 Å². The van der Waals surface area contributed by atoms with Crippen molar-refractivity contribution in [3.05, 3.63) is 64.0 Å². The van der Waals surface area contributed by atoms with Crippen molar-refractivity contribution >= 4 is 23.3 Å². The molecule has 0 fully saturated rings. The lowest BCUT2D eigenvalue weighted by Crippen LogP contribution is -2.01. The number of hydrogen-bond donors (Lipinski definition) is 0. The monoisotopic (exact) mass is 472 g/mol. The highest BCUT2D eigenvalue weighted by molar-refractivity contribution is 7.90. The quantitative estimate of drug-likeness (QED) is 0.151. The topological polar surface area (TPSA) is 67.1 Å². The van der Waals surface area contributed by atoms with Crippen molar-refractivity contribution in [3.8, 4) is 30.1 Å². The normalized spacial score (nSPS) is 9.97. The molecule has 0 atom stereocenters. The summed E-state index contributed by atoms with van der Waals surface area (Å²) >= 11 is 0.951. The van der Waals surface area contributed by atoms with Gasteiger partial charge in [0.1, 0.15) is 29.4 Å². The summed E-state index contributed by atoms with van der Waals surface area (Å²) in [6, 6.07) is 12.4. The maximum atomic E-state index is 11.6. The predicted octanol–water partition coefficient (Wildman–Crippen LogP) is 6.58. The molecule has 0 aliphatic carbocycles. The lowest BCUT2D eigenvalue weighted by Gasteiger charge is -2.12. The van der Waals surface area contributed by atoms with Gasteiger partial charge in [-0.05, 0) is 42.7 Å². The van der Waals surface area contributed by atoms with Gasteiger partial charge in [0, 0.05) is 29.1 Å². The first kappa shape index (κ1) is 28.0. The van der Waals surface area contributed by atoms with Crippen molar-refractivity contribution in [3.63, 3.8) is 0 Å². The zero-order valence-corrected chi connectivity index (χ0v) is 20.9. The molecular formula is C26H32O6S. The van der Waals surface area contributed by atoms with E-state index in [0.29, 0.717) is 42.0 Å². The van der Waals surface area contributed by atoms with Crippen LogP contribution in [0.3, 0.4) is 0 Å². The van der Waals surface area contributed by atoms with Crippen LogP contribution in [0.25, 0.3) is 11.0 Å². The molecule has 7 heteroatoms. The summed E-state index contributed by atoms with van der Waals surface area (Å²) in [5.41, 5.74) is 1.86. The van der Waals surface area contributed by atoms with Crippen LogP contribution in [0.4, 0.5) is 0 Å². The molecule has 0 radical (unpaired) electrons. The van der Waals surface area contributed by atoms with Crippen molar-refractivity contribution in [2.75, 3.05) is 13.7 Å². The number of methoxy groups -OCH3 is 1. The fourth-order valence-electron chi connectivity index (χ4n) is 2.68. The Morgan fingerprint density at radius 3 is 2.39 bits per heavy atom. The summed E-state index contributed by atoms with van der Waals surface area (Å²) in [6.07, 6.45) is 8.00. The van der Waals surface area contributed by atoms with Crippen LogP contribution in [-0.2, 0) is 10.8 Å². The summed E-state index contributed by atoms with van der Waals surface area (Å²) in [5, 5.41) is 0.883. The maximum Gasteiger partial charge on any atom is 0.336 e. The Morgan fingerprint density at radius 1 is 1.03 bits per heavy atom. The second-order valence-corrected chi connectivity index (χ2v) is 7.54. The second kappa shape index (κ2) is 14.9. The van der Waals surface area contributed by atoms with Crippen LogP contribution in [0, 0.1) is 25.7 Å². The zero-order valence-electron chi connectivity index (χ0n) is 20.0. The largest absolute Gasteiger partial charge is 0.496 e. The molecule has 33 heavy (non-hydrogen) atoms. The molecular weight excluding hydrogens is 440 g/mol. The van der Waals surface area contributed by atoms with E-state index in [4.69, 9.17) is 22.3 Å². The Labute approximate surface area is 200 Å². The van der Waals surface area contributed by atoms with Gasteiger partial charge in [-0.3, -0.25) is 4.18 Å². The van der Waals surface area contributed by atoms with Gasteiger partial charge in [-0.2, -0.15) is 0 Å². The number of ether oxygens (including phenoxy) is 2. The van der Waals surface area contributed by atoms with Gasteiger partial charge in [0.15, 0.2) is 0 Å². The number of rotatable bonds is 9. The Morgan fingerprint density at radius 2 is 1.73 bits per heavy atom. The summed E-state index contributed by atoms with van der Waals surface area (Å²) in [7, 11) is 1.60. The molecule has 0 saturated carbocycles. The Balaban J connectivity index is 0.00000129. The molecule has 2 aromatic carbocycles. The van der Waals surface area contributed by atoms with Crippen LogP contribution in [0.5, 0.6) is 17.2 Å². The molecule has 0 saturated heterocycles. The highest BCUT2D eigenvalue weighted by Crippen LogP contribution is 2.29. The van der Waals surface area contributed by atoms with Crippen molar-refractivity contribution in [2.24, 2.45) is 5.92 Å². The van der Waals surface area contributed by atoms with Crippen LogP contribution >= 0.6 is 12.3 Å². The van der Waals surface area contributed by atoms with E-state index in [0.717, 1.165) is 28.8 Å². The average Bonchev–Trinajstić information content (AvgIpc) is 2.82. The van der Waals surface area contributed by atoms with Crippen molar-refractivity contribution in [2.45, 2.75) is 41.2 Å². The Bertz CT molecular complexity index is 1070. The first-order valence-corrected chi connectivity index (χ1v) is 11.3. The number of terminal acetylenes is 1. The molecule has 3 aromatic rings. The SMILES string of the molecule is C#C.CC.COc1cc(OSOCC(C)C)ccc1COc1ccc2c(C)cc(=O)oc2c1. The van der Waals surface area contributed by atoms with Crippen LogP contribution in [-0.4, -0.2) is 13.7 Å². The predicted molar refractivity (Wildman–Crippen MR) is 135 cm³/mol. The van der Waals surface area contributed by atoms with E-state index in [1.165, 1.54) is 6.07 Å². The fourth-order valence-corrected chi connectivity index (χ4v) is 3.24. The summed E-state index contributed by atoms with van der Waals surface area (Å²) in [4.78, 5) is 11.6. The number of fused-ring (bicyclic) bond motifs is 1. The van der Waals surface area contributed by atoms with Crippen LogP contribution in [0.15, 0.2) is 51.7 Å². The first-order valence-electron chi connectivity index (χ1n) is 10.6. The molecule has 0 amide bonds. The molecule has 0 N–H and O–H groups in total. The highest BCUT2D eigenvalue weighted by Gasteiger charge is 2.09. The lowest BCUT2D eigenvalue weighted by molar-refractivity contribution is 0.294. The van der Waals surface area contributed by atoms with Crippen LogP contribution in [0.2, 0.25) is 0 Å². The Kier molecular flexibility index (Phi) is 12.6. The smallest absolute Gasteiger partial charge is 0.336 e. The van der Waals surface area contributed by atoms with Crippen LogP contribution < -0.4 is 19.3 Å². The van der Waals surface area contributed by atoms with Crippen molar-refractivity contribution in [1.29, 1.82) is 0 Å². The third kappa shape index (κ3) is 8.76. The summed E-state index contributed by atoms with van der Waals surface area (Å²) in [5.74, 6) is 2.32. The zero-order chi connectivity index (χ0) is 24.8. The molecule has 3 rings (SSSR count). The van der Waals surface area contributed by atoms with Gasteiger partial charge in [-0.1, -0.05) is 27.7 Å². The van der Waals surface area contributed by atoms with Crippen molar-refractivity contribution in [1.82, 2.24) is 0 Å². The number of aryl methyl sites for hydroxylation is 1. The molecule has 178 valence electrons. The third-order valence-corrected chi connectivity index (χ3v) is 4.65.